The maximum absolute atomic E-state index is 13.2. The van der Waals surface area contributed by atoms with E-state index in [1.54, 1.807) is 15.9 Å². The van der Waals surface area contributed by atoms with Crippen molar-refractivity contribution in [3.05, 3.63) is 29.3 Å². The van der Waals surface area contributed by atoms with Crippen LogP contribution in [0.4, 0.5) is 18.9 Å². The van der Waals surface area contributed by atoms with E-state index in [9.17, 15) is 23.1 Å². The third-order valence-electron chi connectivity index (χ3n) is 5.47. The van der Waals surface area contributed by atoms with Crippen LogP contribution >= 0.6 is 0 Å². The molecule has 5 nitrogen and oxygen atoms in total. The Morgan fingerprint density at radius 3 is 2.56 bits per heavy atom. The minimum absolute atomic E-state index is 0.0302. The molecule has 1 saturated carbocycles. The van der Waals surface area contributed by atoms with Gasteiger partial charge in [0.05, 0.1) is 29.8 Å². The van der Waals surface area contributed by atoms with Crippen LogP contribution in [0.15, 0.2) is 18.2 Å². The van der Waals surface area contributed by atoms with Crippen LogP contribution in [0.5, 0.6) is 0 Å². The molecule has 1 N–H and O–H groups in total. The summed E-state index contributed by atoms with van der Waals surface area (Å²) in [6.45, 7) is 0.767. The van der Waals surface area contributed by atoms with Gasteiger partial charge in [-0.15, -0.1) is 0 Å². The predicted molar refractivity (Wildman–Crippen MR) is 92.9 cm³/mol. The zero-order valence-electron chi connectivity index (χ0n) is 14.9. The molecule has 1 unspecified atom stereocenters. The Morgan fingerprint density at radius 1 is 1.26 bits per heavy atom. The first-order chi connectivity index (χ1) is 12.8. The molecular weight excluding hydrogens is 359 g/mol. The van der Waals surface area contributed by atoms with Crippen LogP contribution in [0.25, 0.3) is 0 Å². The molecule has 146 valence electrons. The van der Waals surface area contributed by atoms with Crippen LogP contribution in [0, 0.1) is 17.2 Å². The third kappa shape index (κ3) is 4.03. The predicted octanol–water partition coefficient (Wildman–Crippen LogP) is 2.78. The standard InChI is InChI=1S/C19H22F3N3O2/c20-19(21,22)17-9-15(6-5-14(17)10-23)25-8-7-24(11-16(25)12-26)18(27)13-3-1-2-4-13/h5-6,9,13,16,26H,1-4,7-8,11-12H2. The smallest absolute Gasteiger partial charge is 0.394 e. The second kappa shape index (κ2) is 7.77. The van der Waals surface area contributed by atoms with Crippen molar-refractivity contribution in [3.63, 3.8) is 0 Å². The highest BCUT2D eigenvalue weighted by Gasteiger charge is 2.37. The number of amides is 1. The molecule has 0 bridgehead atoms. The van der Waals surface area contributed by atoms with Gasteiger partial charge in [0.25, 0.3) is 0 Å². The molecule has 2 fully saturated rings. The quantitative estimate of drug-likeness (QED) is 0.874. The molecular formula is C19H22F3N3O2. The molecule has 1 saturated heterocycles. The number of hydrogen-bond acceptors (Lipinski definition) is 4. The van der Waals surface area contributed by atoms with E-state index in [-0.39, 0.29) is 25.0 Å². The topological polar surface area (TPSA) is 67.6 Å². The van der Waals surface area contributed by atoms with Crippen molar-refractivity contribution in [2.45, 2.75) is 37.9 Å². The van der Waals surface area contributed by atoms with Gasteiger partial charge in [-0.1, -0.05) is 12.8 Å². The summed E-state index contributed by atoms with van der Waals surface area (Å²) in [5, 5.41) is 18.7. The highest BCUT2D eigenvalue weighted by atomic mass is 19.4. The Kier molecular flexibility index (Phi) is 5.61. The van der Waals surface area contributed by atoms with E-state index >= 15 is 0 Å². The Bertz CT molecular complexity index is 739. The highest BCUT2D eigenvalue weighted by Crippen LogP contribution is 2.35. The van der Waals surface area contributed by atoms with Crippen molar-refractivity contribution in [2.24, 2.45) is 5.92 Å². The number of anilines is 1. The van der Waals surface area contributed by atoms with Crippen LogP contribution in [0.3, 0.4) is 0 Å². The number of benzene rings is 1. The Hall–Kier alpha value is -2.27. The minimum Gasteiger partial charge on any atom is -0.394 e. The Labute approximate surface area is 156 Å². The number of carbonyl (C=O) groups excluding carboxylic acids is 1. The van der Waals surface area contributed by atoms with Crippen molar-refractivity contribution in [1.29, 1.82) is 5.26 Å². The summed E-state index contributed by atoms with van der Waals surface area (Å²) in [7, 11) is 0. The first-order valence-corrected chi connectivity index (χ1v) is 9.12. The van der Waals surface area contributed by atoms with E-state index in [1.807, 2.05) is 0 Å². The van der Waals surface area contributed by atoms with Crippen molar-refractivity contribution in [3.8, 4) is 6.07 Å². The lowest BCUT2D eigenvalue weighted by Crippen LogP contribution is -2.57. The first kappa shape index (κ1) is 19.5. The van der Waals surface area contributed by atoms with Gasteiger partial charge in [0.15, 0.2) is 0 Å². The lowest BCUT2D eigenvalue weighted by molar-refractivity contribution is -0.137. The largest absolute Gasteiger partial charge is 0.417 e. The molecule has 1 aromatic rings. The van der Waals surface area contributed by atoms with Crippen LogP contribution in [0.1, 0.15) is 36.8 Å². The minimum atomic E-state index is -4.63. The second-order valence-electron chi connectivity index (χ2n) is 7.13. The number of rotatable bonds is 3. The van der Waals surface area contributed by atoms with Gasteiger partial charge in [-0.05, 0) is 31.0 Å². The van der Waals surface area contributed by atoms with E-state index in [4.69, 9.17) is 5.26 Å². The van der Waals surface area contributed by atoms with Gasteiger partial charge in [-0.2, -0.15) is 18.4 Å². The number of carbonyl (C=O) groups is 1. The summed E-state index contributed by atoms with van der Waals surface area (Å²) in [4.78, 5) is 16.0. The molecule has 8 heteroatoms. The van der Waals surface area contributed by atoms with Gasteiger partial charge in [0, 0.05) is 31.2 Å². The molecule has 0 spiro atoms. The maximum atomic E-state index is 13.2. The molecule has 1 aliphatic heterocycles. The molecule has 0 radical (unpaired) electrons. The Morgan fingerprint density at radius 2 is 1.96 bits per heavy atom. The molecule has 1 aromatic carbocycles. The average Bonchev–Trinajstić information content (AvgIpc) is 3.20. The van der Waals surface area contributed by atoms with Crippen LogP contribution in [-0.4, -0.2) is 48.2 Å². The van der Waals surface area contributed by atoms with Crippen molar-refractivity contribution >= 4 is 11.6 Å². The monoisotopic (exact) mass is 381 g/mol. The molecule has 3 rings (SSSR count). The average molecular weight is 381 g/mol. The summed E-state index contributed by atoms with van der Waals surface area (Å²) >= 11 is 0. The zero-order chi connectivity index (χ0) is 19.6. The molecule has 0 aromatic heterocycles. The van der Waals surface area contributed by atoms with E-state index in [0.29, 0.717) is 18.8 Å². The molecule has 27 heavy (non-hydrogen) atoms. The van der Waals surface area contributed by atoms with Gasteiger partial charge in [-0.25, -0.2) is 0 Å². The lowest BCUT2D eigenvalue weighted by atomic mass is 10.0. The maximum Gasteiger partial charge on any atom is 0.417 e. The van der Waals surface area contributed by atoms with Gasteiger partial charge in [0.2, 0.25) is 5.91 Å². The molecule has 1 atom stereocenters. The SMILES string of the molecule is N#Cc1ccc(N2CCN(C(=O)C3CCCC3)CC2CO)cc1C(F)(F)F. The van der Waals surface area contributed by atoms with Crippen molar-refractivity contribution in [1.82, 2.24) is 4.90 Å². The second-order valence-corrected chi connectivity index (χ2v) is 7.13. The molecule has 1 aliphatic carbocycles. The van der Waals surface area contributed by atoms with Crippen LogP contribution in [-0.2, 0) is 11.0 Å². The van der Waals surface area contributed by atoms with Crippen molar-refractivity contribution < 1.29 is 23.1 Å². The van der Waals surface area contributed by atoms with E-state index < -0.39 is 23.3 Å². The number of halogens is 3. The lowest BCUT2D eigenvalue weighted by Gasteiger charge is -2.43. The van der Waals surface area contributed by atoms with Crippen molar-refractivity contribution in [2.75, 3.05) is 31.1 Å². The van der Waals surface area contributed by atoms with Gasteiger partial charge >= 0.3 is 6.18 Å². The summed E-state index contributed by atoms with van der Waals surface area (Å²) in [5.41, 5.74) is -1.11. The number of piperazine rings is 1. The summed E-state index contributed by atoms with van der Waals surface area (Å²) < 4.78 is 39.7. The van der Waals surface area contributed by atoms with Crippen LogP contribution < -0.4 is 4.90 Å². The zero-order valence-corrected chi connectivity index (χ0v) is 14.9. The highest BCUT2D eigenvalue weighted by molar-refractivity contribution is 5.79. The fraction of sp³-hybridized carbons (Fsp3) is 0.579. The van der Waals surface area contributed by atoms with E-state index in [0.717, 1.165) is 37.8 Å². The normalized spacial score (nSPS) is 21.4. The number of aliphatic hydroxyl groups is 1. The summed E-state index contributed by atoms with van der Waals surface area (Å²) in [5.74, 6) is 0.115. The summed E-state index contributed by atoms with van der Waals surface area (Å²) in [6, 6.07) is 4.67. The number of alkyl halides is 3. The number of nitrogens with zero attached hydrogens (tertiary/aromatic N) is 3. The van der Waals surface area contributed by atoms with Gasteiger partial charge in [-0.3, -0.25) is 4.79 Å². The Balaban J connectivity index is 1.80. The number of hydrogen-bond donors (Lipinski definition) is 1. The van der Waals surface area contributed by atoms with E-state index in [1.165, 1.54) is 6.07 Å². The number of aliphatic hydroxyl groups excluding tert-OH is 1. The summed E-state index contributed by atoms with van der Waals surface area (Å²) in [6.07, 6.45) is -0.770. The molecule has 1 amide bonds. The third-order valence-corrected chi connectivity index (χ3v) is 5.47. The fourth-order valence-electron chi connectivity index (χ4n) is 4.03. The van der Waals surface area contributed by atoms with Crippen LogP contribution in [0.2, 0.25) is 0 Å². The van der Waals surface area contributed by atoms with Gasteiger partial charge < -0.3 is 14.9 Å². The number of nitriles is 1. The fourth-order valence-corrected chi connectivity index (χ4v) is 4.03. The van der Waals surface area contributed by atoms with E-state index in [2.05, 4.69) is 0 Å². The molecule has 2 aliphatic rings. The first-order valence-electron chi connectivity index (χ1n) is 9.12. The van der Waals surface area contributed by atoms with Gasteiger partial charge in [0.1, 0.15) is 0 Å². The molecule has 1 heterocycles.